The zero-order chi connectivity index (χ0) is 24.7. The van der Waals surface area contributed by atoms with E-state index in [1.54, 1.807) is 0 Å². The Morgan fingerprint density at radius 2 is 1.97 bits per heavy atom. The van der Waals surface area contributed by atoms with E-state index in [1.165, 1.54) is 5.57 Å². The molecule has 0 aliphatic heterocycles. The molecule has 0 heterocycles. The first kappa shape index (κ1) is 24.7. The molecule has 4 aliphatic carbocycles. The lowest BCUT2D eigenvalue weighted by Gasteiger charge is -2.58. The predicted octanol–water partition coefficient (Wildman–Crippen LogP) is 2.25. The quantitative estimate of drug-likeness (QED) is 0.347. The molecule has 4 aliphatic rings. The number of nitrogens with one attached hydrogen (secondary N) is 1. The number of amides is 1. The molecule has 0 bridgehead atoms. The number of nitrogens with zero attached hydrogens (tertiary/aromatic N) is 1. The topological polar surface area (TPSA) is 128 Å². The predicted molar refractivity (Wildman–Crippen MR) is 126 cm³/mol. The minimum absolute atomic E-state index is 0.0906. The summed E-state index contributed by atoms with van der Waals surface area (Å²) >= 11 is 0. The zero-order valence-corrected chi connectivity index (χ0v) is 20.0. The van der Waals surface area contributed by atoms with Crippen LogP contribution < -0.4 is 5.32 Å². The van der Waals surface area contributed by atoms with E-state index in [1.807, 2.05) is 0 Å². The summed E-state index contributed by atoms with van der Waals surface area (Å²) in [5.41, 5.74) is 1.07. The third-order valence-corrected chi connectivity index (χ3v) is 9.56. The summed E-state index contributed by atoms with van der Waals surface area (Å²) in [4.78, 5) is 28.0. The maximum atomic E-state index is 11.9. The number of aliphatic hydroxyl groups excluding tert-OH is 1. The Labute approximate surface area is 200 Å². The number of hydrogen-bond donors (Lipinski definition) is 4. The number of carboxylic acid groups (broad SMARTS) is 1. The van der Waals surface area contributed by atoms with Crippen LogP contribution in [0, 0.1) is 40.9 Å². The number of carbonyl (C=O) groups excluding carboxylic acids is 1. The van der Waals surface area contributed by atoms with Crippen LogP contribution in [0.2, 0.25) is 0 Å². The second-order valence-corrected chi connectivity index (χ2v) is 11.0. The summed E-state index contributed by atoms with van der Waals surface area (Å²) in [7, 11) is 0. The molecule has 8 nitrogen and oxygen atoms in total. The van der Waals surface area contributed by atoms with Gasteiger partial charge in [0, 0.05) is 5.41 Å². The van der Waals surface area contributed by atoms with Crippen LogP contribution in [0.5, 0.6) is 0 Å². The molecule has 0 saturated heterocycles. The first-order chi connectivity index (χ1) is 16.1. The summed E-state index contributed by atoms with van der Waals surface area (Å²) in [6.45, 7) is 3.47. The number of aliphatic carboxylic acids is 1. The highest BCUT2D eigenvalue weighted by molar-refractivity contribution is 5.96. The molecule has 0 unspecified atom stereocenters. The highest BCUT2D eigenvalue weighted by atomic mass is 16.6. The fraction of sp³-hybridized carbons (Fsp3) is 0.731. The van der Waals surface area contributed by atoms with Crippen LogP contribution in [-0.2, 0) is 14.4 Å². The minimum atomic E-state index is -1.36. The number of carbonyl (C=O) groups is 2. The van der Waals surface area contributed by atoms with Gasteiger partial charge in [0.1, 0.15) is 11.6 Å². The summed E-state index contributed by atoms with van der Waals surface area (Å²) in [6, 6.07) is -1.36. The van der Waals surface area contributed by atoms with Crippen molar-refractivity contribution < 1.29 is 29.7 Å². The highest BCUT2D eigenvalue weighted by Gasteiger charge is 2.63. The molecule has 0 aromatic carbocycles. The van der Waals surface area contributed by atoms with Crippen LogP contribution in [-0.4, -0.2) is 57.8 Å². The Morgan fingerprint density at radius 3 is 2.65 bits per heavy atom. The van der Waals surface area contributed by atoms with Gasteiger partial charge in [0.05, 0.1) is 12.3 Å². The number of terminal acetylenes is 1. The Kier molecular flexibility index (Phi) is 6.56. The molecule has 3 saturated carbocycles. The molecule has 7 atom stereocenters. The lowest BCUT2D eigenvalue weighted by molar-refractivity contribution is -0.143. The lowest BCUT2D eigenvalue weighted by atomic mass is 9.46. The number of oxime groups is 1. The fourth-order valence-corrected chi connectivity index (χ4v) is 7.49. The van der Waals surface area contributed by atoms with Crippen molar-refractivity contribution in [2.45, 2.75) is 76.9 Å². The Morgan fingerprint density at radius 1 is 1.24 bits per heavy atom. The van der Waals surface area contributed by atoms with Crippen LogP contribution in [0.15, 0.2) is 16.8 Å². The van der Waals surface area contributed by atoms with Gasteiger partial charge < -0.3 is 25.5 Å². The molecule has 0 aromatic rings. The molecular weight excluding hydrogens is 436 g/mol. The summed E-state index contributed by atoms with van der Waals surface area (Å²) in [5.74, 6) is 2.37. The molecule has 4 N–H and O–H groups in total. The van der Waals surface area contributed by atoms with Crippen molar-refractivity contribution in [1.82, 2.24) is 5.32 Å². The summed E-state index contributed by atoms with van der Waals surface area (Å²) < 4.78 is 0. The van der Waals surface area contributed by atoms with E-state index in [0.29, 0.717) is 24.2 Å². The van der Waals surface area contributed by atoms with E-state index in [2.05, 4.69) is 36.3 Å². The van der Waals surface area contributed by atoms with Gasteiger partial charge in [-0.3, -0.25) is 4.79 Å². The van der Waals surface area contributed by atoms with Gasteiger partial charge in [-0.25, -0.2) is 4.79 Å². The van der Waals surface area contributed by atoms with Gasteiger partial charge in [-0.2, -0.15) is 0 Å². The van der Waals surface area contributed by atoms with Crippen molar-refractivity contribution in [1.29, 1.82) is 0 Å². The highest BCUT2D eigenvalue weighted by Crippen LogP contribution is 2.67. The number of aliphatic hydroxyl groups is 2. The van der Waals surface area contributed by atoms with Gasteiger partial charge >= 0.3 is 5.97 Å². The largest absolute Gasteiger partial charge is 0.480 e. The second kappa shape index (κ2) is 9.01. The van der Waals surface area contributed by atoms with Crippen molar-refractivity contribution in [2.24, 2.45) is 33.7 Å². The fourth-order valence-electron chi connectivity index (χ4n) is 7.49. The SMILES string of the molecule is C#C[C@@]1(O)CC[C@H]2[C@@H]3CCC4=C/C(=N\OCC(=O)N[C@H](CO)C(=O)O)CC[C@]4(C)[C@H]3CC[C@@]21C. The standard InChI is InChI=1S/C26H36N2O6/c1-4-26(33)12-9-20-18-6-5-16-13-17(28-34-15-22(30)27-21(14-29)23(31)32)7-10-24(16,2)19(18)8-11-25(20,26)3/h1,13,18-21,29,33H,5-12,14-15H2,2-3H3,(H,27,30)(H,31,32)/b28-17-/t18-,19+,20+,21-,24+,25+,26-/m1/s1. The number of allylic oxidation sites excluding steroid dienone is 2. The van der Waals surface area contributed by atoms with Crippen LogP contribution in [0.4, 0.5) is 0 Å². The summed E-state index contributed by atoms with van der Waals surface area (Å²) in [6.07, 6.45) is 15.4. The molecule has 4 rings (SSSR count). The maximum Gasteiger partial charge on any atom is 0.328 e. The summed E-state index contributed by atoms with van der Waals surface area (Å²) in [5, 5.41) is 35.4. The molecular formula is C26H36N2O6. The molecule has 186 valence electrons. The first-order valence-corrected chi connectivity index (χ1v) is 12.3. The first-order valence-electron chi connectivity index (χ1n) is 12.3. The van der Waals surface area contributed by atoms with Crippen LogP contribution in [0.3, 0.4) is 0 Å². The Balaban J connectivity index is 1.42. The van der Waals surface area contributed by atoms with Gasteiger partial charge in [0.2, 0.25) is 0 Å². The number of rotatable bonds is 6. The van der Waals surface area contributed by atoms with Crippen molar-refractivity contribution in [2.75, 3.05) is 13.2 Å². The van der Waals surface area contributed by atoms with Gasteiger partial charge in [-0.05, 0) is 80.6 Å². The van der Waals surface area contributed by atoms with Crippen LogP contribution in [0.25, 0.3) is 0 Å². The van der Waals surface area contributed by atoms with Gasteiger partial charge in [-0.15, -0.1) is 6.42 Å². The molecule has 34 heavy (non-hydrogen) atoms. The number of fused-ring (bicyclic) bond motifs is 5. The smallest absolute Gasteiger partial charge is 0.328 e. The molecule has 0 spiro atoms. The van der Waals surface area contributed by atoms with Crippen molar-refractivity contribution in [3.63, 3.8) is 0 Å². The van der Waals surface area contributed by atoms with E-state index in [-0.39, 0.29) is 10.8 Å². The molecule has 0 radical (unpaired) electrons. The lowest BCUT2D eigenvalue weighted by Crippen LogP contribution is -2.54. The van der Waals surface area contributed by atoms with E-state index in [9.17, 15) is 14.7 Å². The van der Waals surface area contributed by atoms with Crippen molar-refractivity contribution in [3.8, 4) is 12.3 Å². The maximum absolute atomic E-state index is 11.9. The van der Waals surface area contributed by atoms with Crippen molar-refractivity contribution in [3.05, 3.63) is 11.6 Å². The molecule has 1 amide bonds. The third-order valence-electron chi connectivity index (χ3n) is 9.56. The van der Waals surface area contributed by atoms with E-state index < -0.39 is 36.7 Å². The van der Waals surface area contributed by atoms with Gasteiger partial charge in [-0.1, -0.05) is 30.5 Å². The van der Waals surface area contributed by atoms with Crippen LogP contribution >= 0.6 is 0 Å². The number of carboxylic acids is 1. The van der Waals surface area contributed by atoms with E-state index >= 15 is 0 Å². The average Bonchev–Trinajstić information content (AvgIpc) is 3.08. The minimum Gasteiger partial charge on any atom is -0.480 e. The van der Waals surface area contributed by atoms with Crippen LogP contribution in [0.1, 0.15) is 65.2 Å². The second-order valence-electron chi connectivity index (χ2n) is 11.0. The number of hydrogen-bond acceptors (Lipinski definition) is 6. The van der Waals surface area contributed by atoms with E-state index in [0.717, 1.165) is 50.7 Å². The normalized spacial score (nSPS) is 40.7. The van der Waals surface area contributed by atoms with Crippen molar-refractivity contribution >= 4 is 17.6 Å². The third kappa shape index (κ3) is 3.93. The Hall–Kier alpha value is -2.37. The average molecular weight is 473 g/mol. The van der Waals surface area contributed by atoms with E-state index in [4.69, 9.17) is 21.5 Å². The Bertz CT molecular complexity index is 953. The molecule has 3 fully saturated rings. The van der Waals surface area contributed by atoms with Gasteiger partial charge in [0.25, 0.3) is 5.91 Å². The van der Waals surface area contributed by atoms with Gasteiger partial charge in [0.15, 0.2) is 6.61 Å². The molecule has 8 heteroatoms. The molecule has 0 aromatic heterocycles. The monoisotopic (exact) mass is 472 g/mol. The zero-order valence-electron chi connectivity index (χ0n) is 20.0.